The monoisotopic (exact) mass is 297 g/mol. The molecule has 0 bridgehead atoms. The van der Waals surface area contributed by atoms with Crippen molar-refractivity contribution in [1.29, 1.82) is 0 Å². The molecule has 0 aromatic heterocycles. The van der Waals surface area contributed by atoms with Crippen LogP contribution in [0, 0.1) is 12.7 Å². The molecule has 0 spiro atoms. The fourth-order valence-electron chi connectivity index (χ4n) is 2.38. The van der Waals surface area contributed by atoms with Crippen molar-refractivity contribution in [3.8, 4) is 0 Å². The lowest BCUT2D eigenvalue weighted by Crippen LogP contribution is -2.35. The zero-order valence-corrected chi connectivity index (χ0v) is 11.6. The number of rotatable bonds is 2. The average Bonchev–Trinajstić information content (AvgIpc) is 2.37. The lowest BCUT2D eigenvalue weighted by Gasteiger charge is -2.28. The zero-order valence-electron chi connectivity index (χ0n) is 11.6. The van der Waals surface area contributed by atoms with Crippen LogP contribution in [-0.2, 0) is 11.7 Å². The van der Waals surface area contributed by atoms with Gasteiger partial charge in [-0.05, 0) is 42.7 Å². The molecular formula is C16H15F4N. The van der Waals surface area contributed by atoms with Crippen LogP contribution < -0.4 is 5.73 Å². The highest BCUT2D eigenvalue weighted by molar-refractivity contribution is 5.42. The van der Waals surface area contributed by atoms with E-state index >= 15 is 0 Å². The normalized spacial score (nSPS) is 14.8. The summed E-state index contributed by atoms with van der Waals surface area (Å²) in [6, 6.07) is 10.1. The maximum Gasteiger partial charge on any atom is 0.419 e. The molecule has 2 N–H and O–H groups in total. The van der Waals surface area contributed by atoms with E-state index in [0.29, 0.717) is 5.56 Å². The summed E-state index contributed by atoms with van der Waals surface area (Å²) < 4.78 is 51.5. The summed E-state index contributed by atoms with van der Waals surface area (Å²) in [6.07, 6.45) is -4.71. The highest BCUT2D eigenvalue weighted by Gasteiger charge is 2.35. The largest absolute Gasteiger partial charge is 0.419 e. The molecule has 112 valence electrons. The number of benzene rings is 2. The molecule has 0 aliphatic carbocycles. The molecule has 1 unspecified atom stereocenters. The van der Waals surface area contributed by atoms with E-state index in [2.05, 4.69) is 0 Å². The molecule has 0 saturated carbocycles. The molecule has 0 aliphatic rings. The first-order valence-corrected chi connectivity index (χ1v) is 6.36. The predicted octanol–water partition coefficient (Wildman–Crippen LogP) is 4.38. The summed E-state index contributed by atoms with van der Waals surface area (Å²) in [4.78, 5) is 0. The van der Waals surface area contributed by atoms with E-state index in [1.165, 1.54) is 6.07 Å². The number of alkyl halides is 3. The Balaban J connectivity index is 2.52. The first-order chi connectivity index (χ1) is 9.64. The second-order valence-electron chi connectivity index (χ2n) is 5.21. The summed E-state index contributed by atoms with van der Waals surface area (Å²) in [5.74, 6) is -1.31. The van der Waals surface area contributed by atoms with Gasteiger partial charge in [0.15, 0.2) is 0 Å². The number of hydrogen-bond acceptors (Lipinski definition) is 1. The highest BCUT2D eigenvalue weighted by atomic mass is 19.4. The molecule has 2 aromatic rings. The highest BCUT2D eigenvalue weighted by Crippen LogP contribution is 2.35. The lowest BCUT2D eigenvalue weighted by atomic mass is 9.83. The Bertz CT molecular complexity index is 660. The van der Waals surface area contributed by atoms with Crippen molar-refractivity contribution in [3.63, 3.8) is 0 Å². The van der Waals surface area contributed by atoms with Gasteiger partial charge >= 0.3 is 6.18 Å². The summed E-state index contributed by atoms with van der Waals surface area (Å²) in [6.45, 7) is 3.50. The van der Waals surface area contributed by atoms with Gasteiger partial charge in [0.25, 0.3) is 0 Å². The van der Waals surface area contributed by atoms with Crippen LogP contribution in [0.2, 0.25) is 0 Å². The van der Waals surface area contributed by atoms with Crippen LogP contribution in [0.15, 0.2) is 42.5 Å². The van der Waals surface area contributed by atoms with E-state index in [-0.39, 0.29) is 0 Å². The van der Waals surface area contributed by atoms with E-state index in [0.717, 1.165) is 23.3 Å². The van der Waals surface area contributed by atoms with Crippen LogP contribution in [0.25, 0.3) is 0 Å². The standard InChI is InChI=1S/C16H15F4N/c1-10-5-3-4-6-12(10)15(2,21)11-7-8-13(14(17)9-11)16(18,19)20/h3-9H,21H2,1-2H3. The molecule has 2 rings (SSSR count). The third-order valence-electron chi connectivity index (χ3n) is 3.58. The van der Waals surface area contributed by atoms with Crippen LogP contribution in [-0.4, -0.2) is 0 Å². The molecule has 0 heterocycles. The van der Waals surface area contributed by atoms with Gasteiger partial charge in [-0.2, -0.15) is 13.2 Å². The van der Waals surface area contributed by atoms with Crippen LogP contribution >= 0.6 is 0 Å². The van der Waals surface area contributed by atoms with Gasteiger partial charge in [-0.25, -0.2) is 4.39 Å². The third kappa shape index (κ3) is 2.93. The maximum absolute atomic E-state index is 13.7. The molecule has 0 amide bonds. The van der Waals surface area contributed by atoms with Crippen LogP contribution in [0.5, 0.6) is 0 Å². The molecule has 0 fully saturated rings. The molecule has 21 heavy (non-hydrogen) atoms. The van der Waals surface area contributed by atoms with Gasteiger partial charge in [-0.3, -0.25) is 0 Å². The van der Waals surface area contributed by atoms with E-state index in [1.54, 1.807) is 19.1 Å². The summed E-state index contributed by atoms with van der Waals surface area (Å²) in [5.41, 5.74) is 5.81. The SMILES string of the molecule is Cc1ccccc1C(C)(N)c1ccc(C(F)(F)F)c(F)c1. The fraction of sp³-hybridized carbons (Fsp3) is 0.250. The predicted molar refractivity (Wildman–Crippen MR) is 73.2 cm³/mol. The smallest absolute Gasteiger partial charge is 0.318 e. The Labute approximate surface area is 120 Å². The number of nitrogens with two attached hydrogens (primary N) is 1. The number of hydrogen-bond donors (Lipinski definition) is 1. The van der Waals surface area contributed by atoms with Crippen molar-refractivity contribution >= 4 is 0 Å². The van der Waals surface area contributed by atoms with Crippen LogP contribution in [0.4, 0.5) is 17.6 Å². The van der Waals surface area contributed by atoms with Gasteiger partial charge in [0.2, 0.25) is 0 Å². The average molecular weight is 297 g/mol. The van der Waals surface area contributed by atoms with Crippen molar-refractivity contribution in [1.82, 2.24) is 0 Å². The van der Waals surface area contributed by atoms with Gasteiger partial charge < -0.3 is 5.73 Å². The maximum atomic E-state index is 13.7. The molecule has 0 radical (unpaired) electrons. The Morgan fingerprint density at radius 3 is 2.10 bits per heavy atom. The van der Waals surface area contributed by atoms with E-state index < -0.39 is 23.1 Å². The first-order valence-electron chi connectivity index (χ1n) is 6.36. The lowest BCUT2D eigenvalue weighted by molar-refractivity contribution is -0.140. The fourth-order valence-corrected chi connectivity index (χ4v) is 2.38. The molecule has 0 saturated heterocycles. The van der Waals surface area contributed by atoms with Crippen molar-refractivity contribution in [2.24, 2.45) is 5.73 Å². The van der Waals surface area contributed by atoms with Gasteiger partial charge in [-0.1, -0.05) is 30.3 Å². The van der Waals surface area contributed by atoms with Gasteiger partial charge in [0.05, 0.1) is 11.1 Å². The third-order valence-corrected chi connectivity index (χ3v) is 3.58. The summed E-state index contributed by atoms with van der Waals surface area (Å²) in [7, 11) is 0. The number of aryl methyl sites for hydroxylation is 1. The molecule has 1 nitrogen and oxygen atoms in total. The van der Waals surface area contributed by atoms with Crippen molar-refractivity contribution in [3.05, 3.63) is 70.5 Å². The summed E-state index contributed by atoms with van der Waals surface area (Å²) >= 11 is 0. The zero-order chi connectivity index (χ0) is 15.8. The Morgan fingerprint density at radius 2 is 1.57 bits per heavy atom. The van der Waals surface area contributed by atoms with Crippen LogP contribution in [0.3, 0.4) is 0 Å². The van der Waals surface area contributed by atoms with Crippen molar-refractivity contribution < 1.29 is 17.6 Å². The molecule has 5 heteroatoms. The van der Waals surface area contributed by atoms with E-state index in [9.17, 15) is 17.6 Å². The van der Waals surface area contributed by atoms with Gasteiger partial charge in [-0.15, -0.1) is 0 Å². The van der Waals surface area contributed by atoms with Gasteiger partial charge in [0, 0.05) is 0 Å². The minimum Gasteiger partial charge on any atom is -0.318 e. The Hall–Kier alpha value is -1.88. The van der Waals surface area contributed by atoms with E-state index in [4.69, 9.17) is 5.73 Å². The Morgan fingerprint density at radius 1 is 0.952 bits per heavy atom. The minimum absolute atomic E-state index is 0.294. The quantitative estimate of drug-likeness (QED) is 0.818. The van der Waals surface area contributed by atoms with E-state index in [1.807, 2.05) is 19.1 Å². The van der Waals surface area contributed by atoms with Crippen molar-refractivity contribution in [2.45, 2.75) is 25.6 Å². The van der Waals surface area contributed by atoms with Gasteiger partial charge in [0.1, 0.15) is 5.82 Å². The minimum atomic E-state index is -4.71. The second-order valence-corrected chi connectivity index (χ2v) is 5.21. The first kappa shape index (κ1) is 15.5. The molecular weight excluding hydrogens is 282 g/mol. The van der Waals surface area contributed by atoms with Crippen LogP contribution in [0.1, 0.15) is 29.2 Å². The van der Waals surface area contributed by atoms with Crippen molar-refractivity contribution in [2.75, 3.05) is 0 Å². The molecule has 2 aromatic carbocycles. The second kappa shape index (κ2) is 5.15. The molecule has 1 atom stereocenters. The number of halogens is 4. The topological polar surface area (TPSA) is 26.0 Å². The Kier molecular flexibility index (Phi) is 3.80. The molecule has 0 aliphatic heterocycles. The summed E-state index contributed by atoms with van der Waals surface area (Å²) in [5, 5.41) is 0.